The van der Waals surface area contributed by atoms with E-state index in [1.807, 2.05) is 31.2 Å². The molecule has 2 rings (SSSR count). The van der Waals surface area contributed by atoms with Crippen LogP contribution in [0.4, 0.5) is 4.39 Å². The van der Waals surface area contributed by atoms with Crippen LogP contribution in [-0.4, -0.2) is 13.2 Å². The van der Waals surface area contributed by atoms with Gasteiger partial charge in [0, 0.05) is 6.04 Å². The van der Waals surface area contributed by atoms with Gasteiger partial charge in [0.2, 0.25) is 0 Å². The largest absolute Gasteiger partial charge is 0.497 e. The fourth-order valence-corrected chi connectivity index (χ4v) is 2.32. The molecule has 0 aromatic heterocycles. The van der Waals surface area contributed by atoms with Crippen LogP contribution in [0.15, 0.2) is 42.5 Å². The Bertz CT molecular complexity index is 583. The van der Waals surface area contributed by atoms with Crippen LogP contribution < -0.4 is 10.5 Å². The van der Waals surface area contributed by atoms with Crippen molar-refractivity contribution >= 4 is 0 Å². The summed E-state index contributed by atoms with van der Waals surface area (Å²) in [6.07, 6.45) is 1.41. The molecule has 0 amide bonds. The van der Waals surface area contributed by atoms with Gasteiger partial charge in [-0.2, -0.15) is 0 Å². The molecule has 20 heavy (non-hydrogen) atoms. The molecule has 2 aromatic carbocycles. The third-order valence-electron chi connectivity index (χ3n) is 3.43. The molecule has 0 bridgehead atoms. The van der Waals surface area contributed by atoms with Gasteiger partial charge in [0.1, 0.15) is 11.6 Å². The summed E-state index contributed by atoms with van der Waals surface area (Å²) in [6.45, 7) is 1.98. The molecule has 0 aliphatic rings. The number of nitrogens with two attached hydrogens (primary N) is 1. The van der Waals surface area contributed by atoms with E-state index in [2.05, 4.69) is 0 Å². The average Bonchev–Trinajstić information content (AvgIpc) is 2.43. The Labute approximate surface area is 119 Å². The Morgan fingerprint density at radius 3 is 2.70 bits per heavy atom. The number of rotatable bonds is 5. The maximum absolute atomic E-state index is 13.3. The van der Waals surface area contributed by atoms with Crippen LogP contribution in [-0.2, 0) is 12.8 Å². The van der Waals surface area contributed by atoms with Crippen molar-refractivity contribution in [1.82, 2.24) is 0 Å². The first-order chi connectivity index (χ1) is 9.58. The molecular weight excluding hydrogens is 253 g/mol. The molecule has 0 saturated heterocycles. The highest BCUT2D eigenvalue weighted by Crippen LogP contribution is 2.16. The zero-order valence-corrected chi connectivity index (χ0v) is 11.9. The lowest BCUT2D eigenvalue weighted by atomic mass is 9.97. The molecular formula is C17H20FNO. The number of hydrogen-bond donors (Lipinski definition) is 1. The van der Waals surface area contributed by atoms with E-state index in [1.54, 1.807) is 19.2 Å². The molecule has 0 saturated carbocycles. The molecule has 1 unspecified atom stereocenters. The van der Waals surface area contributed by atoms with E-state index in [-0.39, 0.29) is 11.9 Å². The molecule has 0 heterocycles. The number of aryl methyl sites for hydroxylation is 1. The highest BCUT2D eigenvalue weighted by atomic mass is 19.1. The average molecular weight is 273 g/mol. The summed E-state index contributed by atoms with van der Waals surface area (Å²) >= 11 is 0. The van der Waals surface area contributed by atoms with Crippen molar-refractivity contribution in [2.75, 3.05) is 7.11 Å². The Morgan fingerprint density at radius 2 is 1.95 bits per heavy atom. The van der Waals surface area contributed by atoms with Gasteiger partial charge in [0.25, 0.3) is 0 Å². The second-order valence-electron chi connectivity index (χ2n) is 5.09. The highest BCUT2D eigenvalue weighted by molar-refractivity contribution is 5.30. The van der Waals surface area contributed by atoms with E-state index in [4.69, 9.17) is 10.5 Å². The molecule has 1 atom stereocenters. The molecule has 0 spiro atoms. The Kier molecular flexibility index (Phi) is 4.74. The van der Waals surface area contributed by atoms with Gasteiger partial charge in [0.15, 0.2) is 0 Å². The molecule has 106 valence electrons. The quantitative estimate of drug-likeness (QED) is 0.907. The molecule has 2 nitrogen and oxygen atoms in total. The predicted molar refractivity (Wildman–Crippen MR) is 79.5 cm³/mol. The highest BCUT2D eigenvalue weighted by Gasteiger charge is 2.09. The summed E-state index contributed by atoms with van der Waals surface area (Å²) in [5.74, 6) is 0.621. The van der Waals surface area contributed by atoms with Crippen LogP contribution in [0, 0.1) is 12.7 Å². The van der Waals surface area contributed by atoms with Gasteiger partial charge in [-0.1, -0.05) is 18.2 Å². The minimum absolute atomic E-state index is 0.0393. The normalized spacial score (nSPS) is 12.2. The van der Waals surface area contributed by atoms with Gasteiger partial charge in [0.05, 0.1) is 7.11 Å². The van der Waals surface area contributed by atoms with Gasteiger partial charge in [-0.05, 0) is 60.7 Å². The van der Waals surface area contributed by atoms with Crippen molar-refractivity contribution in [1.29, 1.82) is 0 Å². The molecule has 0 aliphatic carbocycles. The Balaban J connectivity index is 2.04. The topological polar surface area (TPSA) is 35.2 Å². The maximum Gasteiger partial charge on any atom is 0.123 e. The van der Waals surface area contributed by atoms with Crippen molar-refractivity contribution in [3.8, 4) is 5.75 Å². The lowest BCUT2D eigenvalue weighted by molar-refractivity contribution is 0.414. The molecule has 0 fully saturated rings. The number of ether oxygens (including phenoxy) is 1. The fourth-order valence-electron chi connectivity index (χ4n) is 2.32. The molecule has 3 heteroatoms. The maximum atomic E-state index is 13.3. The Morgan fingerprint density at radius 1 is 1.15 bits per heavy atom. The molecule has 0 radical (unpaired) electrons. The first-order valence-electron chi connectivity index (χ1n) is 6.72. The summed E-state index contributed by atoms with van der Waals surface area (Å²) in [4.78, 5) is 0. The van der Waals surface area contributed by atoms with Crippen LogP contribution in [0.25, 0.3) is 0 Å². The van der Waals surface area contributed by atoms with Gasteiger partial charge in [-0.25, -0.2) is 4.39 Å². The van der Waals surface area contributed by atoms with E-state index < -0.39 is 0 Å². The van der Waals surface area contributed by atoms with E-state index in [0.717, 1.165) is 28.9 Å². The van der Waals surface area contributed by atoms with Crippen LogP contribution in [0.1, 0.15) is 16.7 Å². The fraction of sp³-hybridized carbons (Fsp3) is 0.294. The zero-order chi connectivity index (χ0) is 14.5. The lowest BCUT2D eigenvalue weighted by Gasteiger charge is -2.14. The smallest absolute Gasteiger partial charge is 0.123 e. The van der Waals surface area contributed by atoms with Crippen LogP contribution in [0.3, 0.4) is 0 Å². The number of hydrogen-bond acceptors (Lipinski definition) is 2. The van der Waals surface area contributed by atoms with E-state index in [0.29, 0.717) is 6.42 Å². The van der Waals surface area contributed by atoms with Crippen molar-refractivity contribution < 1.29 is 9.13 Å². The number of methoxy groups -OCH3 is 1. The number of halogens is 1. The third-order valence-corrected chi connectivity index (χ3v) is 3.43. The summed E-state index contributed by atoms with van der Waals surface area (Å²) in [6, 6.07) is 12.7. The van der Waals surface area contributed by atoms with Crippen LogP contribution in [0.5, 0.6) is 5.75 Å². The van der Waals surface area contributed by atoms with Crippen molar-refractivity contribution in [3.05, 3.63) is 65.0 Å². The van der Waals surface area contributed by atoms with Crippen LogP contribution in [0.2, 0.25) is 0 Å². The van der Waals surface area contributed by atoms with E-state index >= 15 is 0 Å². The molecule has 2 aromatic rings. The van der Waals surface area contributed by atoms with Crippen molar-refractivity contribution in [3.63, 3.8) is 0 Å². The first kappa shape index (κ1) is 14.5. The zero-order valence-electron chi connectivity index (χ0n) is 11.9. The van der Waals surface area contributed by atoms with Gasteiger partial charge >= 0.3 is 0 Å². The SMILES string of the molecule is COc1cccc(CC(N)Cc2cc(F)ccc2C)c1. The molecule has 2 N–H and O–H groups in total. The van der Waals surface area contributed by atoms with Gasteiger partial charge < -0.3 is 10.5 Å². The van der Waals surface area contributed by atoms with E-state index in [9.17, 15) is 4.39 Å². The van der Waals surface area contributed by atoms with Crippen LogP contribution >= 0.6 is 0 Å². The second-order valence-corrected chi connectivity index (χ2v) is 5.09. The minimum Gasteiger partial charge on any atom is -0.497 e. The summed E-state index contributed by atoms with van der Waals surface area (Å²) in [5.41, 5.74) is 9.36. The predicted octanol–water partition coefficient (Wildman–Crippen LogP) is 3.26. The summed E-state index contributed by atoms with van der Waals surface area (Å²) in [5, 5.41) is 0. The summed E-state index contributed by atoms with van der Waals surface area (Å²) < 4.78 is 18.5. The number of benzene rings is 2. The Hall–Kier alpha value is -1.87. The monoisotopic (exact) mass is 273 g/mol. The first-order valence-corrected chi connectivity index (χ1v) is 6.72. The summed E-state index contributed by atoms with van der Waals surface area (Å²) in [7, 11) is 1.65. The van der Waals surface area contributed by atoms with Gasteiger partial charge in [-0.15, -0.1) is 0 Å². The molecule has 0 aliphatic heterocycles. The minimum atomic E-state index is -0.209. The third kappa shape index (κ3) is 3.81. The lowest BCUT2D eigenvalue weighted by Crippen LogP contribution is -2.26. The second kappa shape index (κ2) is 6.53. The standard InChI is InChI=1S/C17H20FNO/c1-12-6-7-15(18)10-14(12)11-16(19)8-13-4-3-5-17(9-13)20-2/h3-7,9-10,16H,8,11,19H2,1-2H3. The van der Waals surface area contributed by atoms with Crippen molar-refractivity contribution in [2.24, 2.45) is 5.73 Å². The van der Waals surface area contributed by atoms with Crippen molar-refractivity contribution in [2.45, 2.75) is 25.8 Å². The van der Waals surface area contributed by atoms with Gasteiger partial charge in [-0.3, -0.25) is 0 Å². The van der Waals surface area contributed by atoms with E-state index in [1.165, 1.54) is 6.07 Å².